The number of aromatic nitrogens is 9. The molecule has 4 rings (SSSR count). The van der Waals surface area contributed by atoms with Crippen LogP contribution in [0.25, 0.3) is 0 Å². The van der Waals surface area contributed by atoms with Crippen LogP contribution < -0.4 is 50.8 Å². The van der Waals surface area contributed by atoms with E-state index in [9.17, 15) is 43.2 Å². The van der Waals surface area contributed by atoms with Gasteiger partial charge in [-0.15, -0.1) is 0 Å². The van der Waals surface area contributed by atoms with Gasteiger partial charge >= 0.3 is 34.1 Å². The van der Waals surface area contributed by atoms with E-state index in [1.165, 1.54) is 42.3 Å². The summed E-state index contributed by atoms with van der Waals surface area (Å²) in [6.45, 7) is -2.01. The molecule has 0 aliphatic rings. The average molecular weight is 586 g/mol. The zero-order valence-electron chi connectivity index (χ0n) is 23.6. The van der Waals surface area contributed by atoms with Gasteiger partial charge in [-0.25, -0.2) is 42.5 Å². The highest BCUT2D eigenvalue weighted by atomic mass is 16.2. The van der Waals surface area contributed by atoms with E-state index in [-0.39, 0.29) is 16.7 Å². The van der Waals surface area contributed by atoms with Crippen LogP contribution in [0.5, 0.6) is 0 Å². The molecule has 4 aromatic rings. The summed E-state index contributed by atoms with van der Waals surface area (Å²) in [5, 5.41) is 0. The third-order valence-corrected chi connectivity index (χ3v) is 6.92. The fourth-order valence-electron chi connectivity index (χ4n) is 4.57. The van der Waals surface area contributed by atoms with Gasteiger partial charge < -0.3 is 13.7 Å². The van der Waals surface area contributed by atoms with Crippen molar-refractivity contribution in [1.29, 1.82) is 0 Å². The number of hydrogen-bond donors (Lipinski definition) is 0. The third-order valence-electron chi connectivity index (χ3n) is 6.92. The van der Waals surface area contributed by atoms with Crippen molar-refractivity contribution in [1.82, 2.24) is 41.1 Å². The molecule has 42 heavy (non-hydrogen) atoms. The Morgan fingerprint density at radius 3 is 0.810 bits per heavy atom. The van der Waals surface area contributed by atoms with Gasteiger partial charge in [0.25, 0.3) is 16.7 Å². The van der Waals surface area contributed by atoms with Gasteiger partial charge in [0, 0.05) is 60.9 Å². The fourth-order valence-corrected chi connectivity index (χ4v) is 4.57. The van der Waals surface area contributed by atoms with Gasteiger partial charge in [0.1, 0.15) is 0 Å². The van der Waals surface area contributed by atoms with Crippen LogP contribution in [0.1, 0.15) is 16.7 Å². The summed E-state index contributed by atoms with van der Waals surface area (Å²) in [5.74, 6) is 0. The van der Waals surface area contributed by atoms with Crippen molar-refractivity contribution in [2.75, 3.05) is 0 Å². The van der Waals surface area contributed by atoms with Crippen LogP contribution >= 0.6 is 0 Å². The molecule has 0 spiro atoms. The van der Waals surface area contributed by atoms with Crippen molar-refractivity contribution in [3.63, 3.8) is 0 Å². The highest BCUT2D eigenvalue weighted by molar-refractivity contribution is 5.10. The molecular formula is C24H27N9O9. The summed E-state index contributed by atoms with van der Waals surface area (Å²) in [4.78, 5) is 116. The van der Waals surface area contributed by atoms with Crippen molar-refractivity contribution < 1.29 is 0 Å². The molecule has 0 bridgehead atoms. The molecule has 4 heterocycles. The van der Waals surface area contributed by atoms with Crippen LogP contribution in [0.3, 0.4) is 0 Å². The Bertz CT molecular complexity index is 2040. The minimum atomic E-state index is -1.19. The molecule has 0 aromatic carbocycles. The molecule has 18 heteroatoms. The van der Waals surface area contributed by atoms with E-state index in [0.29, 0.717) is 13.7 Å². The number of aryl methyl sites for hydroxylation is 3. The molecular weight excluding hydrogens is 558 g/mol. The Labute approximate surface area is 232 Å². The van der Waals surface area contributed by atoms with Crippen LogP contribution in [0.2, 0.25) is 0 Å². The Balaban J connectivity index is 2.04. The molecule has 0 aliphatic carbocycles. The van der Waals surface area contributed by atoms with Crippen molar-refractivity contribution >= 4 is 0 Å². The predicted octanol–water partition coefficient (Wildman–Crippen LogP) is -5.49. The second kappa shape index (κ2) is 10.5. The van der Waals surface area contributed by atoms with Crippen LogP contribution in [0.15, 0.2) is 61.7 Å². The smallest absolute Gasteiger partial charge is 0.303 e. The van der Waals surface area contributed by atoms with Crippen molar-refractivity contribution in [3.05, 3.63) is 129 Å². The quantitative estimate of drug-likeness (QED) is 0.212. The topological polar surface area (TPSA) is 198 Å². The molecule has 18 nitrogen and oxygen atoms in total. The molecule has 0 aliphatic heterocycles. The summed E-state index contributed by atoms with van der Waals surface area (Å²) < 4.78 is 7.20. The lowest BCUT2D eigenvalue weighted by Crippen LogP contribution is -2.56. The highest BCUT2D eigenvalue weighted by Crippen LogP contribution is 1.95. The maximum Gasteiger partial charge on any atom is 0.336 e. The Hall–Kier alpha value is -5.55. The van der Waals surface area contributed by atoms with E-state index in [1.54, 1.807) is 0 Å². The van der Waals surface area contributed by atoms with E-state index >= 15 is 0 Å². The first-order valence-electron chi connectivity index (χ1n) is 12.3. The first-order chi connectivity index (χ1) is 19.6. The largest absolute Gasteiger partial charge is 0.336 e. The predicted molar refractivity (Wildman–Crippen MR) is 147 cm³/mol. The van der Waals surface area contributed by atoms with Gasteiger partial charge in [0.15, 0.2) is 0 Å². The summed E-state index contributed by atoms with van der Waals surface area (Å²) in [5.41, 5.74) is -8.39. The molecule has 0 saturated carbocycles. The maximum absolute atomic E-state index is 13.6. The SMILES string of the molecule is Cn1cc(Cn2c(=O)n(Cc3cn(C)c(=O)n(C)c3=O)c(=O)n(Cc3cn(C)c(=O)n(C)c3=O)c2=O)c(=O)n(C)c1=O. The number of rotatable bonds is 6. The average Bonchev–Trinajstić information content (AvgIpc) is 2.95. The van der Waals surface area contributed by atoms with Gasteiger partial charge in [0.05, 0.1) is 36.3 Å². The second-order valence-electron chi connectivity index (χ2n) is 9.84. The van der Waals surface area contributed by atoms with Gasteiger partial charge in [-0.2, -0.15) is 0 Å². The van der Waals surface area contributed by atoms with Crippen LogP contribution in [-0.4, -0.2) is 41.1 Å². The van der Waals surface area contributed by atoms with Gasteiger partial charge in [-0.05, 0) is 0 Å². The van der Waals surface area contributed by atoms with Gasteiger partial charge in [0.2, 0.25) is 0 Å². The second-order valence-corrected chi connectivity index (χ2v) is 9.84. The molecule has 0 unspecified atom stereocenters. The fraction of sp³-hybridized carbons (Fsp3) is 0.375. The zero-order chi connectivity index (χ0) is 31.4. The van der Waals surface area contributed by atoms with Gasteiger partial charge in [-0.1, -0.05) is 0 Å². The maximum atomic E-state index is 13.6. The lowest BCUT2D eigenvalue weighted by molar-refractivity contribution is 0.481. The highest BCUT2D eigenvalue weighted by Gasteiger charge is 2.21. The van der Waals surface area contributed by atoms with E-state index in [2.05, 4.69) is 0 Å². The monoisotopic (exact) mass is 585 g/mol. The first kappa shape index (κ1) is 29.4. The van der Waals surface area contributed by atoms with Gasteiger partial charge in [-0.3, -0.25) is 28.1 Å². The summed E-state index contributed by atoms with van der Waals surface area (Å²) >= 11 is 0. The minimum absolute atomic E-state index is 0.147. The first-order valence-corrected chi connectivity index (χ1v) is 12.3. The third kappa shape index (κ3) is 4.71. The van der Waals surface area contributed by atoms with E-state index in [4.69, 9.17) is 0 Å². The molecule has 0 atom stereocenters. The Morgan fingerprint density at radius 1 is 0.381 bits per heavy atom. The normalized spacial score (nSPS) is 11.3. The lowest BCUT2D eigenvalue weighted by atomic mass is 10.3. The molecule has 4 aromatic heterocycles. The standard InChI is InChI=1S/C24H27N9O9/c1-25-7-13(16(34)28(4)19(25)37)10-31-22(40)32(11-14-8-26(2)20(38)29(5)17(14)35)24(42)33(23(31)41)12-15-9-27(3)21(39)30(6)18(15)36/h7-9H,10-12H2,1-6H3. The number of nitrogens with zero attached hydrogens (tertiary/aromatic N) is 9. The zero-order valence-corrected chi connectivity index (χ0v) is 23.6. The molecule has 0 N–H and O–H groups in total. The van der Waals surface area contributed by atoms with Crippen LogP contribution in [-0.2, 0) is 61.9 Å². The minimum Gasteiger partial charge on any atom is -0.303 e. The molecule has 0 fully saturated rings. The Morgan fingerprint density at radius 2 is 0.595 bits per heavy atom. The van der Waals surface area contributed by atoms with E-state index in [0.717, 1.165) is 46.0 Å². The summed E-state index contributed by atoms with van der Waals surface area (Å²) in [6.07, 6.45) is 3.42. The Kier molecular flexibility index (Phi) is 7.32. The van der Waals surface area contributed by atoms with Crippen molar-refractivity contribution in [2.45, 2.75) is 19.6 Å². The summed E-state index contributed by atoms with van der Waals surface area (Å²) in [7, 11) is 7.71. The lowest BCUT2D eigenvalue weighted by Gasteiger charge is -2.15. The van der Waals surface area contributed by atoms with Crippen LogP contribution in [0, 0.1) is 0 Å². The summed E-state index contributed by atoms with van der Waals surface area (Å²) in [6, 6.07) is 0. The van der Waals surface area contributed by atoms with Crippen molar-refractivity contribution in [2.24, 2.45) is 42.3 Å². The molecule has 222 valence electrons. The van der Waals surface area contributed by atoms with E-state index in [1.807, 2.05) is 0 Å². The van der Waals surface area contributed by atoms with Crippen molar-refractivity contribution in [3.8, 4) is 0 Å². The van der Waals surface area contributed by atoms with E-state index < -0.39 is 70.5 Å². The molecule has 0 saturated heterocycles. The number of hydrogen-bond acceptors (Lipinski definition) is 9. The van der Waals surface area contributed by atoms with Crippen LogP contribution in [0.4, 0.5) is 0 Å². The molecule has 0 amide bonds. The molecule has 0 radical (unpaired) electrons.